The average Bonchev–Trinajstić information content (AvgIpc) is 3.38. The van der Waals surface area contributed by atoms with Gasteiger partial charge in [0, 0.05) is 30.8 Å². The lowest BCUT2D eigenvalue weighted by Gasteiger charge is -2.33. The maximum Gasteiger partial charge on any atom is 0.326 e. The zero-order valence-electron chi connectivity index (χ0n) is 19.3. The van der Waals surface area contributed by atoms with Crippen molar-refractivity contribution in [3.63, 3.8) is 0 Å². The fourth-order valence-corrected chi connectivity index (χ4v) is 4.66. The highest BCUT2D eigenvalue weighted by Gasteiger charge is 2.49. The molecule has 0 bridgehead atoms. The van der Waals surface area contributed by atoms with E-state index in [0.29, 0.717) is 43.1 Å². The number of hydrogen-bond donors (Lipinski definition) is 2. The number of hydrogen-bond acceptors (Lipinski definition) is 6. The topological polar surface area (TPSA) is 100 Å². The van der Waals surface area contributed by atoms with Crippen LogP contribution in [0.15, 0.2) is 42.5 Å². The summed E-state index contributed by atoms with van der Waals surface area (Å²) in [6.45, 7) is 5.36. The molecular weight excluding hydrogens is 436 g/mol. The van der Waals surface area contributed by atoms with Crippen molar-refractivity contribution in [3.8, 4) is 11.5 Å². The van der Waals surface area contributed by atoms with Crippen LogP contribution in [0.1, 0.15) is 30.9 Å². The quantitative estimate of drug-likeness (QED) is 0.660. The Labute approximate surface area is 198 Å². The van der Waals surface area contributed by atoms with Crippen LogP contribution in [0.4, 0.5) is 10.5 Å². The normalized spacial score (nSPS) is 22.7. The Bertz CT molecular complexity index is 1130. The second kappa shape index (κ2) is 8.64. The van der Waals surface area contributed by atoms with Crippen molar-refractivity contribution in [2.24, 2.45) is 5.92 Å². The number of aryl methyl sites for hydroxylation is 1. The summed E-state index contributed by atoms with van der Waals surface area (Å²) in [7, 11) is 0. The van der Waals surface area contributed by atoms with Crippen molar-refractivity contribution < 1.29 is 23.9 Å². The summed E-state index contributed by atoms with van der Waals surface area (Å²) in [5.41, 5.74) is 1.45. The number of nitrogens with zero attached hydrogens (tertiary/aromatic N) is 2. The Kier molecular flexibility index (Phi) is 5.65. The van der Waals surface area contributed by atoms with E-state index in [4.69, 9.17) is 9.47 Å². The third-order valence-corrected chi connectivity index (χ3v) is 6.84. The minimum atomic E-state index is -1.08. The number of carbonyl (C=O) groups is 3. The highest BCUT2D eigenvalue weighted by molar-refractivity contribution is 6.07. The van der Waals surface area contributed by atoms with Gasteiger partial charge >= 0.3 is 6.03 Å². The van der Waals surface area contributed by atoms with Gasteiger partial charge in [-0.05, 0) is 44.4 Å². The van der Waals surface area contributed by atoms with Gasteiger partial charge in [-0.25, -0.2) is 9.69 Å². The third kappa shape index (κ3) is 4.07. The minimum absolute atomic E-state index is 0.0412. The molecule has 0 spiro atoms. The molecule has 9 heteroatoms. The summed E-state index contributed by atoms with van der Waals surface area (Å²) in [6.07, 6.45) is 1.30. The predicted octanol–water partition coefficient (Wildman–Crippen LogP) is 2.80. The molecule has 4 amide bonds. The number of nitrogens with one attached hydrogen (secondary N) is 2. The standard InChI is InChI=1S/C25H28N4O5/c1-16-3-5-18(6-4-16)25(2)23(31)29(24(32)27-25)14-28-11-9-17(10-12-28)22(30)26-19-7-8-20-21(13-19)34-15-33-20/h3-8,13,17H,9-12,14-15H2,1-2H3,(H,26,30)(H,27,32). The van der Waals surface area contributed by atoms with Crippen LogP contribution in [0.25, 0.3) is 0 Å². The molecule has 3 heterocycles. The largest absolute Gasteiger partial charge is 0.454 e. The lowest BCUT2D eigenvalue weighted by atomic mass is 9.91. The van der Waals surface area contributed by atoms with Gasteiger partial charge in [-0.3, -0.25) is 14.5 Å². The molecule has 0 aromatic heterocycles. The lowest BCUT2D eigenvalue weighted by Crippen LogP contribution is -2.47. The highest BCUT2D eigenvalue weighted by Crippen LogP contribution is 2.35. The Morgan fingerprint density at radius 3 is 2.53 bits per heavy atom. The van der Waals surface area contributed by atoms with Gasteiger partial charge < -0.3 is 20.1 Å². The Morgan fingerprint density at radius 1 is 1.09 bits per heavy atom. The number of fused-ring (bicyclic) bond motifs is 1. The average molecular weight is 465 g/mol. The molecule has 2 saturated heterocycles. The van der Waals surface area contributed by atoms with Crippen molar-refractivity contribution in [3.05, 3.63) is 53.6 Å². The van der Waals surface area contributed by atoms with Crippen molar-refractivity contribution >= 4 is 23.5 Å². The molecule has 178 valence electrons. The van der Waals surface area contributed by atoms with Crippen molar-refractivity contribution in [2.45, 2.75) is 32.2 Å². The number of piperidine rings is 1. The van der Waals surface area contributed by atoms with Gasteiger partial charge in [-0.15, -0.1) is 0 Å². The van der Waals surface area contributed by atoms with Crippen LogP contribution >= 0.6 is 0 Å². The summed E-state index contributed by atoms with van der Waals surface area (Å²) >= 11 is 0. The molecule has 1 atom stereocenters. The van der Waals surface area contributed by atoms with Crippen LogP contribution in [-0.2, 0) is 15.1 Å². The van der Waals surface area contributed by atoms with Crippen LogP contribution in [0.2, 0.25) is 0 Å². The van der Waals surface area contributed by atoms with E-state index >= 15 is 0 Å². The molecule has 34 heavy (non-hydrogen) atoms. The number of benzene rings is 2. The van der Waals surface area contributed by atoms with Gasteiger partial charge in [-0.2, -0.15) is 0 Å². The Morgan fingerprint density at radius 2 is 1.79 bits per heavy atom. The second-order valence-electron chi connectivity index (χ2n) is 9.25. The van der Waals surface area contributed by atoms with Gasteiger partial charge in [0.1, 0.15) is 5.54 Å². The van der Waals surface area contributed by atoms with Crippen LogP contribution in [0.5, 0.6) is 11.5 Å². The lowest BCUT2D eigenvalue weighted by molar-refractivity contribution is -0.133. The number of rotatable bonds is 5. The van der Waals surface area contributed by atoms with Crippen LogP contribution in [0.3, 0.4) is 0 Å². The summed E-state index contributed by atoms with van der Waals surface area (Å²) in [6, 6.07) is 12.6. The van der Waals surface area contributed by atoms with Gasteiger partial charge in [0.15, 0.2) is 11.5 Å². The number of carbonyl (C=O) groups excluding carboxylic acids is 3. The number of likely N-dealkylation sites (tertiary alicyclic amines) is 1. The van der Waals surface area contributed by atoms with Crippen molar-refractivity contribution in [1.82, 2.24) is 15.1 Å². The number of imide groups is 1. The first-order valence-electron chi connectivity index (χ1n) is 11.5. The molecule has 2 aromatic carbocycles. The van der Waals surface area contributed by atoms with Crippen molar-refractivity contribution in [2.75, 3.05) is 31.9 Å². The maximum absolute atomic E-state index is 13.2. The molecule has 0 radical (unpaired) electrons. The first-order chi connectivity index (χ1) is 16.3. The zero-order chi connectivity index (χ0) is 23.9. The van der Waals surface area contributed by atoms with E-state index in [1.807, 2.05) is 36.1 Å². The monoisotopic (exact) mass is 464 g/mol. The van der Waals surface area contributed by atoms with Crippen molar-refractivity contribution in [1.29, 1.82) is 0 Å². The molecule has 0 saturated carbocycles. The predicted molar refractivity (Wildman–Crippen MR) is 124 cm³/mol. The second-order valence-corrected chi connectivity index (χ2v) is 9.25. The maximum atomic E-state index is 13.2. The molecule has 3 aliphatic heterocycles. The van der Waals surface area contributed by atoms with Crippen LogP contribution in [0, 0.1) is 12.8 Å². The molecule has 3 aliphatic rings. The summed E-state index contributed by atoms with van der Waals surface area (Å²) in [5.74, 6) is 0.858. The number of amides is 4. The molecule has 1 unspecified atom stereocenters. The number of anilines is 1. The molecular formula is C25H28N4O5. The molecule has 0 aliphatic carbocycles. The van der Waals surface area contributed by atoms with Gasteiger partial charge in [-0.1, -0.05) is 29.8 Å². The molecule has 2 aromatic rings. The van der Waals surface area contributed by atoms with E-state index in [2.05, 4.69) is 10.6 Å². The Hall–Kier alpha value is -3.59. The first-order valence-corrected chi connectivity index (χ1v) is 11.5. The van der Waals surface area contributed by atoms with E-state index in [9.17, 15) is 14.4 Å². The van der Waals surface area contributed by atoms with E-state index in [0.717, 1.165) is 11.1 Å². The first kappa shape index (κ1) is 22.2. The zero-order valence-corrected chi connectivity index (χ0v) is 19.3. The number of ether oxygens (including phenoxy) is 2. The van der Waals surface area contributed by atoms with Crippen LogP contribution < -0.4 is 20.1 Å². The SMILES string of the molecule is Cc1ccc(C2(C)NC(=O)N(CN3CCC(C(=O)Nc4ccc5c(c4)OCO5)CC3)C2=O)cc1. The third-order valence-electron chi connectivity index (χ3n) is 6.84. The van der Waals surface area contributed by atoms with E-state index < -0.39 is 11.6 Å². The van der Waals surface area contributed by atoms with Gasteiger partial charge in [0.05, 0.1) is 6.67 Å². The fourth-order valence-electron chi connectivity index (χ4n) is 4.66. The van der Waals surface area contributed by atoms with E-state index in [1.54, 1.807) is 25.1 Å². The fraction of sp³-hybridized carbons (Fsp3) is 0.400. The minimum Gasteiger partial charge on any atom is -0.454 e. The smallest absolute Gasteiger partial charge is 0.326 e. The van der Waals surface area contributed by atoms with Gasteiger partial charge in [0.2, 0.25) is 12.7 Å². The summed E-state index contributed by atoms with van der Waals surface area (Å²) in [4.78, 5) is 41.9. The molecule has 5 rings (SSSR count). The summed E-state index contributed by atoms with van der Waals surface area (Å²) < 4.78 is 10.7. The molecule has 2 fully saturated rings. The van der Waals surface area contributed by atoms with Crippen LogP contribution in [-0.4, -0.2) is 54.2 Å². The van der Waals surface area contributed by atoms with Gasteiger partial charge in [0.25, 0.3) is 5.91 Å². The van der Waals surface area contributed by atoms with E-state index in [1.165, 1.54) is 4.90 Å². The molecule has 2 N–H and O–H groups in total. The Balaban J connectivity index is 1.16. The highest BCUT2D eigenvalue weighted by atomic mass is 16.7. The molecule has 9 nitrogen and oxygen atoms in total. The number of urea groups is 1. The van der Waals surface area contributed by atoms with E-state index in [-0.39, 0.29) is 31.2 Å². The summed E-state index contributed by atoms with van der Waals surface area (Å²) in [5, 5.41) is 5.81.